The fourth-order valence-electron chi connectivity index (χ4n) is 3.32. The number of furan rings is 1. The van der Waals surface area contributed by atoms with Crippen LogP contribution in [0.5, 0.6) is 5.75 Å². The second kappa shape index (κ2) is 9.57. The molecule has 164 valence electrons. The maximum absolute atomic E-state index is 12.6. The summed E-state index contributed by atoms with van der Waals surface area (Å²) in [6.07, 6.45) is 0. The number of hydrogen-bond acceptors (Lipinski definition) is 5. The number of carbonyl (C=O) groups is 2. The Labute approximate surface area is 189 Å². The van der Waals surface area contributed by atoms with Gasteiger partial charge >= 0.3 is 5.91 Å². The van der Waals surface area contributed by atoms with E-state index in [4.69, 9.17) is 9.15 Å². The predicted molar refractivity (Wildman–Crippen MR) is 122 cm³/mol. The van der Waals surface area contributed by atoms with Crippen LogP contribution in [0.25, 0.3) is 0 Å². The number of nitrogens with zero attached hydrogens (tertiary/aromatic N) is 1. The normalized spacial score (nSPS) is 10.7. The van der Waals surface area contributed by atoms with Crippen LogP contribution in [0, 0.1) is 13.8 Å². The number of hydrogen-bond donors (Lipinski definition) is 2. The molecule has 0 saturated heterocycles. The quantitative estimate of drug-likeness (QED) is 0.408. The summed E-state index contributed by atoms with van der Waals surface area (Å²) < 4.78 is 13.2. The molecule has 4 rings (SSSR count). The average Bonchev–Trinajstić information content (AvgIpc) is 3.55. The first-order chi connectivity index (χ1) is 15.5. The highest BCUT2D eigenvalue weighted by molar-refractivity contribution is 7.09. The van der Waals surface area contributed by atoms with Crippen molar-refractivity contribution in [3.63, 3.8) is 0 Å². The van der Waals surface area contributed by atoms with Crippen molar-refractivity contribution in [3.8, 4) is 5.75 Å². The summed E-state index contributed by atoms with van der Waals surface area (Å²) >= 11 is 1.67. The molecule has 0 atom stereocenters. The van der Waals surface area contributed by atoms with Gasteiger partial charge in [-0.05, 0) is 55.6 Å². The zero-order chi connectivity index (χ0) is 22.5. The highest BCUT2D eigenvalue weighted by Crippen LogP contribution is 2.19. The molecule has 0 aliphatic carbocycles. The molecule has 0 aliphatic heterocycles. The fraction of sp³-hybridized carbons (Fsp3) is 0.167. The summed E-state index contributed by atoms with van der Waals surface area (Å²) in [5, 5.41) is 2.03. The molecule has 8 heteroatoms. The Hall–Kier alpha value is -3.78. The summed E-state index contributed by atoms with van der Waals surface area (Å²) in [4.78, 5) is 26.2. The van der Waals surface area contributed by atoms with Crippen molar-refractivity contribution in [2.24, 2.45) is 0 Å². The van der Waals surface area contributed by atoms with E-state index < -0.39 is 5.91 Å². The summed E-state index contributed by atoms with van der Waals surface area (Å²) in [7, 11) is 0. The molecule has 0 radical (unpaired) electrons. The number of aryl methyl sites for hydroxylation is 1. The van der Waals surface area contributed by atoms with Crippen LogP contribution in [-0.2, 0) is 13.2 Å². The monoisotopic (exact) mass is 449 g/mol. The minimum Gasteiger partial charge on any atom is -0.486 e. The largest absolute Gasteiger partial charge is 0.486 e. The number of benzene rings is 1. The average molecular weight is 450 g/mol. The molecule has 3 heterocycles. The number of aromatic nitrogens is 1. The minimum atomic E-state index is -0.545. The van der Waals surface area contributed by atoms with E-state index in [0.717, 1.165) is 11.4 Å². The first-order valence-corrected chi connectivity index (χ1v) is 11.0. The van der Waals surface area contributed by atoms with Gasteiger partial charge in [-0.2, -0.15) is 0 Å². The van der Waals surface area contributed by atoms with E-state index in [2.05, 4.69) is 21.5 Å². The lowest BCUT2D eigenvalue weighted by molar-refractivity contribution is 0.0828. The van der Waals surface area contributed by atoms with E-state index in [1.165, 1.54) is 10.9 Å². The zero-order valence-electron chi connectivity index (χ0n) is 17.8. The molecule has 32 heavy (non-hydrogen) atoms. The SMILES string of the molecule is Cc1cc(C(=O)NNC(=O)c2ccc(COc3ccccc3)o2)c(C)n1Cc1cccs1. The number of para-hydroxylation sites is 1. The van der Waals surface area contributed by atoms with Gasteiger partial charge in [-0.1, -0.05) is 24.3 Å². The van der Waals surface area contributed by atoms with Crippen LogP contribution < -0.4 is 15.6 Å². The number of nitrogens with one attached hydrogen (secondary N) is 2. The third-order valence-corrected chi connectivity index (χ3v) is 5.87. The molecule has 0 bridgehead atoms. The second-order valence-corrected chi connectivity index (χ2v) is 8.26. The van der Waals surface area contributed by atoms with Gasteiger partial charge in [0, 0.05) is 16.3 Å². The van der Waals surface area contributed by atoms with Gasteiger partial charge in [0.15, 0.2) is 5.76 Å². The molecule has 0 unspecified atom stereocenters. The van der Waals surface area contributed by atoms with E-state index in [-0.39, 0.29) is 18.3 Å². The molecule has 0 aliphatic rings. The third kappa shape index (κ3) is 4.92. The van der Waals surface area contributed by atoms with Gasteiger partial charge in [0.05, 0.1) is 12.1 Å². The molecule has 4 aromatic rings. The first kappa shape index (κ1) is 21.5. The van der Waals surface area contributed by atoms with Crippen LogP contribution >= 0.6 is 11.3 Å². The van der Waals surface area contributed by atoms with Crippen molar-refractivity contribution in [1.29, 1.82) is 0 Å². The third-order valence-electron chi connectivity index (χ3n) is 5.01. The molecule has 0 saturated carbocycles. The van der Waals surface area contributed by atoms with Crippen LogP contribution in [-0.4, -0.2) is 16.4 Å². The Balaban J connectivity index is 1.33. The van der Waals surface area contributed by atoms with Crippen molar-refractivity contribution >= 4 is 23.2 Å². The second-order valence-electron chi connectivity index (χ2n) is 7.23. The number of ether oxygens (including phenoxy) is 1. The van der Waals surface area contributed by atoms with Gasteiger partial charge in [0.25, 0.3) is 5.91 Å². The summed E-state index contributed by atoms with van der Waals surface area (Å²) in [6.45, 7) is 4.75. The highest BCUT2D eigenvalue weighted by Gasteiger charge is 2.18. The predicted octanol–water partition coefficient (Wildman–Crippen LogP) is 4.46. The lowest BCUT2D eigenvalue weighted by Gasteiger charge is -2.09. The van der Waals surface area contributed by atoms with E-state index in [1.54, 1.807) is 17.4 Å². The molecule has 3 aromatic heterocycles. The Morgan fingerprint density at radius 2 is 1.78 bits per heavy atom. The van der Waals surface area contributed by atoms with E-state index in [9.17, 15) is 9.59 Å². The lowest BCUT2D eigenvalue weighted by atomic mass is 10.2. The van der Waals surface area contributed by atoms with Gasteiger partial charge < -0.3 is 13.7 Å². The molecule has 2 N–H and O–H groups in total. The van der Waals surface area contributed by atoms with Crippen molar-refractivity contribution in [2.75, 3.05) is 0 Å². The van der Waals surface area contributed by atoms with Crippen LogP contribution in [0.3, 0.4) is 0 Å². The molecular formula is C24H23N3O4S. The van der Waals surface area contributed by atoms with Gasteiger partial charge in [0.2, 0.25) is 0 Å². The highest BCUT2D eigenvalue weighted by atomic mass is 32.1. The first-order valence-electron chi connectivity index (χ1n) is 10.1. The van der Waals surface area contributed by atoms with Crippen LogP contribution in [0.2, 0.25) is 0 Å². The standard InChI is InChI=1S/C24H23N3O4S/c1-16-13-21(17(2)27(16)14-20-9-6-12-32-20)23(28)25-26-24(29)22-11-10-19(31-22)15-30-18-7-4-3-5-8-18/h3-13H,14-15H2,1-2H3,(H,25,28)(H,26,29). The van der Waals surface area contributed by atoms with E-state index >= 15 is 0 Å². The molecule has 2 amide bonds. The van der Waals surface area contributed by atoms with Crippen molar-refractivity contribution in [3.05, 3.63) is 99.4 Å². The number of carbonyl (C=O) groups excluding carboxylic acids is 2. The maximum Gasteiger partial charge on any atom is 0.305 e. The molecule has 7 nitrogen and oxygen atoms in total. The molecule has 0 spiro atoms. The number of hydrazine groups is 1. The molecule has 0 fully saturated rings. The van der Waals surface area contributed by atoms with Crippen molar-refractivity contribution in [2.45, 2.75) is 27.0 Å². The van der Waals surface area contributed by atoms with Gasteiger partial charge in [-0.25, -0.2) is 0 Å². The Morgan fingerprint density at radius 1 is 1.00 bits per heavy atom. The maximum atomic E-state index is 12.6. The van der Waals surface area contributed by atoms with Crippen LogP contribution in [0.15, 0.2) is 70.5 Å². The number of amides is 2. The van der Waals surface area contributed by atoms with Crippen LogP contribution in [0.1, 0.15) is 42.9 Å². The molecule has 1 aromatic carbocycles. The summed E-state index contributed by atoms with van der Waals surface area (Å²) in [5.41, 5.74) is 7.19. The topological polar surface area (TPSA) is 85.5 Å². The molecular weight excluding hydrogens is 426 g/mol. The minimum absolute atomic E-state index is 0.0835. The van der Waals surface area contributed by atoms with Gasteiger partial charge in [-0.15, -0.1) is 11.3 Å². The lowest BCUT2D eigenvalue weighted by Crippen LogP contribution is -2.41. The summed E-state index contributed by atoms with van der Waals surface area (Å²) in [6, 6.07) is 18.4. The van der Waals surface area contributed by atoms with Gasteiger partial charge in [0.1, 0.15) is 18.1 Å². The number of rotatable bonds is 7. The van der Waals surface area contributed by atoms with Crippen LogP contribution in [0.4, 0.5) is 0 Å². The van der Waals surface area contributed by atoms with Crippen molar-refractivity contribution < 1.29 is 18.7 Å². The fourth-order valence-corrected chi connectivity index (χ4v) is 4.02. The smallest absolute Gasteiger partial charge is 0.305 e. The zero-order valence-corrected chi connectivity index (χ0v) is 18.6. The van der Waals surface area contributed by atoms with E-state index in [0.29, 0.717) is 23.6 Å². The number of thiophene rings is 1. The van der Waals surface area contributed by atoms with Gasteiger partial charge in [-0.3, -0.25) is 20.4 Å². The van der Waals surface area contributed by atoms with Crippen molar-refractivity contribution in [1.82, 2.24) is 15.4 Å². The Morgan fingerprint density at radius 3 is 2.53 bits per heavy atom. The Kier molecular flexibility index (Phi) is 6.42. The van der Waals surface area contributed by atoms with E-state index in [1.807, 2.05) is 61.7 Å². The summed E-state index contributed by atoms with van der Waals surface area (Å²) in [5.74, 6) is 0.362. The Bertz CT molecular complexity index is 1210.